The lowest BCUT2D eigenvalue weighted by atomic mass is 10.1. The van der Waals surface area contributed by atoms with E-state index in [1.165, 1.54) is 0 Å². The summed E-state index contributed by atoms with van der Waals surface area (Å²) in [5.41, 5.74) is 8.57. The molecule has 2 aromatic carbocycles. The van der Waals surface area contributed by atoms with Crippen LogP contribution in [0.15, 0.2) is 48.5 Å². The Kier molecular flexibility index (Phi) is 4.55. The highest BCUT2D eigenvalue weighted by molar-refractivity contribution is 5.28. The van der Waals surface area contributed by atoms with Gasteiger partial charge in [0.2, 0.25) is 0 Å². The molecule has 0 saturated carbocycles. The van der Waals surface area contributed by atoms with Gasteiger partial charge in [0, 0.05) is 6.54 Å². The molecular weight excluding hydrogens is 238 g/mol. The predicted octanol–water partition coefficient (Wildman–Crippen LogP) is 2.57. The van der Waals surface area contributed by atoms with E-state index in [2.05, 4.69) is 0 Å². The molecule has 3 heteroatoms. The van der Waals surface area contributed by atoms with Crippen molar-refractivity contribution in [2.75, 3.05) is 6.61 Å². The number of rotatable bonds is 5. The van der Waals surface area contributed by atoms with Crippen LogP contribution in [0, 0.1) is 6.92 Å². The maximum atomic E-state index is 10.1. The summed E-state index contributed by atoms with van der Waals surface area (Å²) in [4.78, 5) is 0. The molecule has 0 aliphatic carbocycles. The van der Waals surface area contributed by atoms with Gasteiger partial charge in [-0.15, -0.1) is 0 Å². The highest BCUT2D eigenvalue weighted by Gasteiger charge is 2.08. The average Bonchev–Trinajstić information content (AvgIpc) is 2.45. The molecular formula is C16H19NO2. The van der Waals surface area contributed by atoms with E-state index in [0.717, 1.165) is 22.4 Å². The third-order valence-electron chi connectivity index (χ3n) is 3.00. The Balaban J connectivity index is 1.95. The zero-order valence-electron chi connectivity index (χ0n) is 11.0. The largest absolute Gasteiger partial charge is 0.491 e. The number of ether oxygens (including phenoxy) is 1. The topological polar surface area (TPSA) is 55.5 Å². The third-order valence-corrected chi connectivity index (χ3v) is 3.00. The zero-order valence-corrected chi connectivity index (χ0v) is 11.0. The highest BCUT2D eigenvalue weighted by atomic mass is 16.5. The molecule has 0 radical (unpaired) electrons. The molecule has 0 fully saturated rings. The molecule has 100 valence electrons. The second-order valence-corrected chi connectivity index (χ2v) is 4.59. The number of hydrogen-bond acceptors (Lipinski definition) is 3. The van der Waals surface area contributed by atoms with E-state index in [4.69, 9.17) is 10.5 Å². The normalized spacial score (nSPS) is 12.2. The summed E-state index contributed by atoms with van der Waals surface area (Å²) in [6, 6.07) is 15.4. The molecule has 0 saturated heterocycles. The van der Waals surface area contributed by atoms with Crippen LogP contribution in [0.4, 0.5) is 0 Å². The summed E-state index contributed by atoms with van der Waals surface area (Å²) < 4.78 is 5.58. The molecule has 3 nitrogen and oxygen atoms in total. The summed E-state index contributed by atoms with van der Waals surface area (Å²) in [5, 5.41) is 10.1. The molecule has 0 aliphatic rings. The fourth-order valence-electron chi connectivity index (χ4n) is 1.85. The van der Waals surface area contributed by atoms with E-state index in [9.17, 15) is 5.11 Å². The smallest absolute Gasteiger partial charge is 0.119 e. The molecule has 0 aliphatic heterocycles. The van der Waals surface area contributed by atoms with Gasteiger partial charge in [0.05, 0.1) is 0 Å². The lowest BCUT2D eigenvalue weighted by Gasteiger charge is -2.13. The van der Waals surface area contributed by atoms with Gasteiger partial charge in [0.25, 0.3) is 0 Å². The first kappa shape index (κ1) is 13.6. The first-order valence-electron chi connectivity index (χ1n) is 6.35. The van der Waals surface area contributed by atoms with Crippen molar-refractivity contribution < 1.29 is 9.84 Å². The summed E-state index contributed by atoms with van der Waals surface area (Å²) in [6.07, 6.45) is -0.632. The second kappa shape index (κ2) is 6.36. The van der Waals surface area contributed by atoms with E-state index in [0.29, 0.717) is 6.54 Å². The molecule has 1 atom stereocenters. The first-order chi connectivity index (χ1) is 9.19. The van der Waals surface area contributed by atoms with Crippen LogP contribution in [0.5, 0.6) is 5.75 Å². The van der Waals surface area contributed by atoms with Gasteiger partial charge in [0.15, 0.2) is 0 Å². The van der Waals surface area contributed by atoms with Crippen LogP contribution in [-0.2, 0) is 6.54 Å². The molecule has 0 heterocycles. The minimum Gasteiger partial charge on any atom is -0.491 e. The van der Waals surface area contributed by atoms with Crippen molar-refractivity contribution in [1.82, 2.24) is 0 Å². The fourth-order valence-corrected chi connectivity index (χ4v) is 1.85. The maximum Gasteiger partial charge on any atom is 0.119 e. The number of aryl methyl sites for hydroxylation is 1. The number of benzene rings is 2. The molecule has 0 spiro atoms. The van der Waals surface area contributed by atoms with Crippen LogP contribution in [-0.4, -0.2) is 11.7 Å². The van der Waals surface area contributed by atoms with Gasteiger partial charge in [-0.3, -0.25) is 0 Å². The van der Waals surface area contributed by atoms with Crippen LogP contribution < -0.4 is 10.5 Å². The lowest BCUT2D eigenvalue weighted by molar-refractivity contribution is 0.108. The monoisotopic (exact) mass is 257 g/mol. The third kappa shape index (κ3) is 3.81. The van der Waals surface area contributed by atoms with Gasteiger partial charge in [-0.1, -0.05) is 36.4 Å². The second-order valence-electron chi connectivity index (χ2n) is 4.59. The van der Waals surface area contributed by atoms with Crippen molar-refractivity contribution in [3.8, 4) is 5.75 Å². The molecule has 19 heavy (non-hydrogen) atoms. The van der Waals surface area contributed by atoms with E-state index >= 15 is 0 Å². The highest BCUT2D eigenvalue weighted by Crippen LogP contribution is 2.17. The Bertz CT molecular complexity index is 523. The number of hydrogen-bond donors (Lipinski definition) is 2. The van der Waals surface area contributed by atoms with Crippen LogP contribution >= 0.6 is 0 Å². The van der Waals surface area contributed by atoms with Gasteiger partial charge in [-0.2, -0.15) is 0 Å². The van der Waals surface area contributed by atoms with Gasteiger partial charge in [-0.05, 0) is 35.7 Å². The van der Waals surface area contributed by atoms with E-state index < -0.39 is 6.10 Å². The summed E-state index contributed by atoms with van der Waals surface area (Å²) in [5.74, 6) is 0.776. The van der Waals surface area contributed by atoms with Gasteiger partial charge >= 0.3 is 0 Å². The van der Waals surface area contributed by atoms with Crippen molar-refractivity contribution >= 4 is 0 Å². The van der Waals surface area contributed by atoms with Crippen molar-refractivity contribution in [3.63, 3.8) is 0 Å². The summed E-state index contributed by atoms with van der Waals surface area (Å²) >= 11 is 0. The van der Waals surface area contributed by atoms with Gasteiger partial charge in [-0.25, -0.2) is 0 Å². The van der Waals surface area contributed by atoms with E-state index in [-0.39, 0.29) is 6.61 Å². The number of aliphatic hydroxyl groups is 1. The van der Waals surface area contributed by atoms with Crippen molar-refractivity contribution in [2.24, 2.45) is 5.73 Å². The van der Waals surface area contributed by atoms with E-state index in [1.807, 2.05) is 55.5 Å². The maximum absolute atomic E-state index is 10.1. The first-order valence-corrected chi connectivity index (χ1v) is 6.35. The Morgan fingerprint density at radius 2 is 1.89 bits per heavy atom. The van der Waals surface area contributed by atoms with Crippen LogP contribution in [0.2, 0.25) is 0 Å². The minimum atomic E-state index is -0.632. The zero-order chi connectivity index (χ0) is 13.7. The van der Waals surface area contributed by atoms with Gasteiger partial charge in [0.1, 0.15) is 18.5 Å². The number of nitrogens with two attached hydrogens (primary N) is 1. The molecule has 3 N–H and O–H groups in total. The van der Waals surface area contributed by atoms with Crippen LogP contribution in [0.1, 0.15) is 22.8 Å². The Hall–Kier alpha value is -1.84. The number of aliphatic hydroxyl groups excluding tert-OH is 1. The Morgan fingerprint density at radius 1 is 1.16 bits per heavy atom. The van der Waals surface area contributed by atoms with Gasteiger partial charge < -0.3 is 15.6 Å². The Labute approximate surface area is 113 Å². The van der Waals surface area contributed by atoms with E-state index in [1.54, 1.807) is 0 Å². The standard InChI is InChI=1S/C16H19NO2/c1-12-3-2-4-15(9-12)19-11-16(18)14-7-5-13(10-17)6-8-14/h2-9,16,18H,10-11,17H2,1H3. The van der Waals surface area contributed by atoms with Crippen molar-refractivity contribution in [1.29, 1.82) is 0 Å². The fraction of sp³-hybridized carbons (Fsp3) is 0.250. The quantitative estimate of drug-likeness (QED) is 0.865. The van der Waals surface area contributed by atoms with Crippen LogP contribution in [0.3, 0.4) is 0 Å². The van der Waals surface area contributed by atoms with Crippen molar-refractivity contribution in [3.05, 3.63) is 65.2 Å². The summed E-state index contributed by atoms with van der Waals surface area (Å²) in [6.45, 7) is 2.76. The SMILES string of the molecule is Cc1cccc(OCC(O)c2ccc(CN)cc2)c1. The molecule has 0 aromatic heterocycles. The van der Waals surface area contributed by atoms with Crippen molar-refractivity contribution in [2.45, 2.75) is 19.6 Å². The minimum absolute atomic E-state index is 0.241. The average molecular weight is 257 g/mol. The molecule has 0 amide bonds. The molecule has 2 rings (SSSR count). The molecule has 1 unspecified atom stereocenters. The predicted molar refractivity (Wildman–Crippen MR) is 76.0 cm³/mol. The Morgan fingerprint density at radius 3 is 2.53 bits per heavy atom. The summed E-state index contributed by atoms with van der Waals surface area (Å²) in [7, 11) is 0. The molecule has 2 aromatic rings. The lowest BCUT2D eigenvalue weighted by Crippen LogP contribution is -2.10. The molecule has 0 bridgehead atoms. The van der Waals surface area contributed by atoms with Crippen LogP contribution in [0.25, 0.3) is 0 Å².